The fourth-order valence-corrected chi connectivity index (χ4v) is 6.67. The highest BCUT2D eigenvalue weighted by Crippen LogP contribution is 2.60. The number of halogens is 2. The number of ether oxygens (including phenoxy) is 1. The number of benzene rings is 1. The molecule has 0 aromatic heterocycles. The van der Waals surface area contributed by atoms with Crippen LogP contribution < -0.4 is 4.74 Å². The van der Waals surface area contributed by atoms with Crippen molar-refractivity contribution in [3.8, 4) is 5.75 Å². The van der Waals surface area contributed by atoms with Gasteiger partial charge in [0.25, 0.3) is 0 Å². The van der Waals surface area contributed by atoms with Crippen LogP contribution in [0.15, 0.2) is 18.2 Å². The van der Waals surface area contributed by atoms with Gasteiger partial charge in [-0.15, -0.1) is 23.2 Å². The number of aliphatic hydroxyl groups is 1. The van der Waals surface area contributed by atoms with E-state index in [0.29, 0.717) is 48.4 Å². The lowest BCUT2D eigenvalue weighted by molar-refractivity contribution is -0.0226. The summed E-state index contributed by atoms with van der Waals surface area (Å²) in [6.45, 7) is 3.15. The number of nitrogens with zero attached hydrogens (tertiary/aromatic N) is 1. The molecule has 0 heterocycles. The highest BCUT2D eigenvalue weighted by atomic mass is 35.5. The smallest absolute Gasteiger partial charge is 0.410 e. The van der Waals surface area contributed by atoms with Gasteiger partial charge in [-0.3, -0.25) is 0 Å². The van der Waals surface area contributed by atoms with E-state index < -0.39 is 13.9 Å². The summed E-state index contributed by atoms with van der Waals surface area (Å²) in [5.74, 6) is 3.16. The summed E-state index contributed by atoms with van der Waals surface area (Å²) in [4.78, 5) is 35.5. The molecule has 0 unspecified atom stereocenters. The van der Waals surface area contributed by atoms with Gasteiger partial charge >= 0.3 is 13.9 Å². The van der Waals surface area contributed by atoms with Crippen LogP contribution in [0.2, 0.25) is 0 Å². The molecule has 8 nitrogen and oxygen atoms in total. The molecule has 2 fully saturated rings. The second-order valence-corrected chi connectivity index (χ2v) is 11.4. The van der Waals surface area contributed by atoms with Crippen molar-refractivity contribution < 1.29 is 33.9 Å². The lowest BCUT2D eigenvalue weighted by Gasteiger charge is -2.50. The van der Waals surface area contributed by atoms with Gasteiger partial charge in [-0.25, -0.2) is 9.36 Å². The molecule has 5 atom stereocenters. The minimum atomic E-state index is -4.64. The molecule has 0 radical (unpaired) electrons. The zero-order valence-electron chi connectivity index (χ0n) is 19.3. The van der Waals surface area contributed by atoms with Gasteiger partial charge in [-0.1, -0.05) is 13.0 Å². The number of aliphatic hydroxyl groups excluding tert-OH is 1. The van der Waals surface area contributed by atoms with Crippen LogP contribution >= 0.6 is 31.0 Å². The number of amides is 1. The molecule has 1 amide bonds. The Morgan fingerprint density at radius 2 is 1.79 bits per heavy atom. The number of hydrogen-bond acceptors (Lipinski definition) is 4. The highest BCUT2D eigenvalue weighted by Gasteiger charge is 2.54. The van der Waals surface area contributed by atoms with E-state index in [1.807, 2.05) is 12.1 Å². The first-order valence-electron chi connectivity index (χ1n) is 11.7. The van der Waals surface area contributed by atoms with Crippen LogP contribution in [0.25, 0.3) is 0 Å². The maximum absolute atomic E-state index is 12.4. The molecule has 4 rings (SSSR count). The van der Waals surface area contributed by atoms with Gasteiger partial charge in [-0.2, -0.15) is 0 Å². The minimum absolute atomic E-state index is 0.0996. The topological polar surface area (TPSA) is 128 Å². The van der Waals surface area contributed by atoms with E-state index in [9.17, 15) is 9.90 Å². The van der Waals surface area contributed by atoms with E-state index in [1.54, 1.807) is 4.90 Å². The molecule has 4 N–H and O–H groups in total. The standard InChI is InChI=1S/C23H31Cl2NO3.H3O4P/c1-23-9-8-18-17-5-3-16(29-22(28)26(12-10-24)13-11-25)14-15(17)2-4-19(18)20(23)6-7-21(23)27;1-5(2,3)4/h3,5,14,18-21,27H,2,4,6-13H2,1H3;(H3,1,2,3,4)/t18-,19-,20+,21+,23+;/m1./s1. The Morgan fingerprint density at radius 3 is 2.41 bits per heavy atom. The summed E-state index contributed by atoms with van der Waals surface area (Å²) in [5.41, 5.74) is 2.82. The van der Waals surface area contributed by atoms with Crippen LogP contribution in [0.3, 0.4) is 0 Å². The summed E-state index contributed by atoms with van der Waals surface area (Å²) >= 11 is 11.6. The van der Waals surface area contributed by atoms with E-state index in [-0.39, 0.29) is 11.5 Å². The van der Waals surface area contributed by atoms with Gasteiger partial charge in [0.05, 0.1) is 6.10 Å². The number of carbonyl (C=O) groups excluding carboxylic acids is 1. The maximum atomic E-state index is 12.4. The van der Waals surface area contributed by atoms with Gasteiger partial charge in [-0.05, 0) is 85.0 Å². The van der Waals surface area contributed by atoms with Crippen molar-refractivity contribution in [3.63, 3.8) is 0 Å². The molecule has 0 aliphatic heterocycles. The first-order valence-corrected chi connectivity index (χ1v) is 14.3. The van der Waals surface area contributed by atoms with Crippen LogP contribution in [-0.4, -0.2) is 61.7 Å². The van der Waals surface area contributed by atoms with Crippen LogP contribution in [0.4, 0.5) is 4.79 Å². The molecule has 3 aliphatic carbocycles. The van der Waals surface area contributed by atoms with Crippen molar-refractivity contribution in [1.82, 2.24) is 4.90 Å². The molecule has 0 saturated heterocycles. The monoisotopic (exact) mass is 537 g/mol. The average Bonchev–Trinajstić information content (AvgIpc) is 3.06. The number of carbonyl (C=O) groups is 1. The Hall–Kier alpha value is -0.860. The fraction of sp³-hybridized carbons (Fsp3) is 0.696. The van der Waals surface area contributed by atoms with Gasteiger partial charge in [0.2, 0.25) is 0 Å². The predicted octanol–water partition coefficient (Wildman–Crippen LogP) is 4.25. The molecule has 11 heteroatoms. The number of aryl methyl sites for hydroxylation is 1. The van der Waals surface area contributed by atoms with Gasteiger partial charge in [0.1, 0.15) is 5.75 Å². The third-order valence-electron chi connectivity index (χ3n) is 7.82. The Labute approximate surface area is 210 Å². The van der Waals surface area contributed by atoms with Crippen molar-refractivity contribution >= 4 is 37.1 Å². The molecule has 2 saturated carbocycles. The van der Waals surface area contributed by atoms with Crippen LogP contribution in [0.1, 0.15) is 56.1 Å². The second kappa shape index (κ2) is 11.5. The van der Waals surface area contributed by atoms with E-state index >= 15 is 0 Å². The van der Waals surface area contributed by atoms with E-state index in [4.69, 9.17) is 47.2 Å². The van der Waals surface area contributed by atoms with Gasteiger partial charge in [0, 0.05) is 24.8 Å². The molecule has 34 heavy (non-hydrogen) atoms. The Kier molecular flexibility index (Phi) is 9.35. The third-order valence-corrected chi connectivity index (χ3v) is 8.16. The van der Waals surface area contributed by atoms with Gasteiger partial charge in [0.15, 0.2) is 0 Å². The zero-order chi connectivity index (χ0) is 25.1. The lowest BCUT2D eigenvalue weighted by Crippen LogP contribution is -2.43. The van der Waals surface area contributed by atoms with Crippen LogP contribution in [0.5, 0.6) is 5.75 Å². The summed E-state index contributed by atoms with van der Waals surface area (Å²) in [5, 5.41) is 10.5. The quantitative estimate of drug-likeness (QED) is 0.326. The zero-order valence-corrected chi connectivity index (χ0v) is 21.7. The summed E-state index contributed by atoms with van der Waals surface area (Å²) < 4.78 is 14.5. The molecule has 0 spiro atoms. The lowest BCUT2D eigenvalue weighted by atomic mass is 9.55. The molecule has 1 aromatic rings. The normalized spacial score (nSPS) is 29.7. The molecule has 192 valence electrons. The van der Waals surface area contributed by atoms with Crippen LogP contribution in [-0.2, 0) is 11.0 Å². The summed E-state index contributed by atoms with van der Waals surface area (Å²) in [7, 11) is -4.64. The molecule has 3 aliphatic rings. The van der Waals surface area contributed by atoms with Crippen molar-refractivity contribution in [2.24, 2.45) is 17.3 Å². The van der Waals surface area contributed by atoms with E-state index in [0.717, 1.165) is 38.5 Å². The third kappa shape index (κ3) is 6.47. The van der Waals surface area contributed by atoms with Crippen molar-refractivity contribution in [2.45, 2.75) is 57.5 Å². The van der Waals surface area contributed by atoms with Crippen molar-refractivity contribution in [2.75, 3.05) is 24.8 Å². The van der Waals surface area contributed by atoms with Crippen molar-refractivity contribution in [1.29, 1.82) is 0 Å². The summed E-state index contributed by atoms with van der Waals surface area (Å²) in [6, 6.07) is 6.13. The van der Waals surface area contributed by atoms with Crippen LogP contribution in [0, 0.1) is 17.3 Å². The average molecular weight is 538 g/mol. The molecule has 0 bridgehead atoms. The minimum Gasteiger partial charge on any atom is -0.410 e. The van der Waals surface area contributed by atoms with Crippen molar-refractivity contribution in [3.05, 3.63) is 29.3 Å². The predicted molar refractivity (Wildman–Crippen MR) is 130 cm³/mol. The number of hydrogen-bond donors (Lipinski definition) is 4. The number of rotatable bonds is 5. The summed E-state index contributed by atoms with van der Waals surface area (Å²) in [6.07, 6.45) is 5.98. The number of alkyl halides is 2. The Balaban J connectivity index is 0.000000588. The first kappa shape index (κ1) is 27.7. The Morgan fingerprint density at radius 1 is 1.15 bits per heavy atom. The number of fused-ring (bicyclic) bond motifs is 5. The first-order chi connectivity index (χ1) is 16.0. The Bertz CT molecular complexity index is 899. The molecular weight excluding hydrogens is 504 g/mol. The SMILES string of the molecule is C[C@]12CC[C@@H]3c4ccc(OC(=O)N(CCCl)CCCl)cc4CC[C@H]3[C@@H]1CC[C@@H]2O.O=P(O)(O)O. The molecular formula is C23H34Cl2NO7P. The number of phosphoric acid groups is 1. The largest absolute Gasteiger partial charge is 0.466 e. The second-order valence-electron chi connectivity index (χ2n) is 9.66. The maximum Gasteiger partial charge on any atom is 0.466 e. The fourth-order valence-electron chi connectivity index (χ4n) is 6.26. The molecule has 1 aromatic carbocycles. The van der Waals surface area contributed by atoms with E-state index in [1.165, 1.54) is 11.1 Å². The van der Waals surface area contributed by atoms with Gasteiger partial charge < -0.3 is 29.4 Å². The van der Waals surface area contributed by atoms with E-state index in [2.05, 4.69) is 13.0 Å². The highest BCUT2D eigenvalue weighted by molar-refractivity contribution is 7.45.